The number of aromatic nitrogens is 6. The van der Waals surface area contributed by atoms with Gasteiger partial charge in [0.05, 0.1) is 17.6 Å². The number of anilines is 1. The molecule has 0 unspecified atom stereocenters. The minimum absolute atomic E-state index is 0.259. The Kier molecular flexibility index (Phi) is 5.16. The third-order valence-corrected chi connectivity index (χ3v) is 3.61. The van der Waals surface area contributed by atoms with E-state index in [9.17, 15) is 4.79 Å². The zero-order valence-corrected chi connectivity index (χ0v) is 14.9. The predicted octanol–water partition coefficient (Wildman–Crippen LogP) is 1.22. The molecule has 134 valence electrons. The van der Waals surface area contributed by atoms with Gasteiger partial charge in [-0.25, -0.2) is 9.67 Å². The maximum Gasteiger partial charge on any atom is 0.271 e. The van der Waals surface area contributed by atoms with Crippen LogP contribution in [-0.2, 0) is 0 Å². The Labute approximate surface area is 150 Å². The van der Waals surface area contributed by atoms with Crippen LogP contribution in [0.25, 0.3) is 5.82 Å². The predicted molar refractivity (Wildman–Crippen MR) is 96.2 cm³/mol. The topological polar surface area (TPSA) is 111 Å². The number of hydrogen-bond donors (Lipinski definition) is 2. The van der Waals surface area contributed by atoms with Crippen LogP contribution < -0.4 is 10.6 Å². The molecule has 0 radical (unpaired) electrons. The Morgan fingerprint density at radius 2 is 1.88 bits per heavy atom. The van der Waals surface area contributed by atoms with Gasteiger partial charge in [-0.2, -0.15) is 5.10 Å². The van der Waals surface area contributed by atoms with Crippen molar-refractivity contribution in [2.24, 2.45) is 0 Å². The van der Waals surface area contributed by atoms with Crippen molar-refractivity contribution in [2.45, 2.75) is 20.8 Å². The fourth-order valence-electron chi connectivity index (χ4n) is 2.36. The van der Waals surface area contributed by atoms with Gasteiger partial charge in [-0.15, -0.1) is 10.2 Å². The molecule has 3 aromatic heterocycles. The molecule has 0 bridgehead atoms. The summed E-state index contributed by atoms with van der Waals surface area (Å²) < 4.78 is 1.74. The maximum absolute atomic E-state index is 11.9. The zero-order chi connectivity index (χ0) is 18.5. The molecular weight excluding hydrogens is 332 g/mol. The molecule has 0 saturated heterocycles. The van der Waals surface area contributed by atoms with Crippen molar-refractivity contribution in [2.75, 3.05) is 18.4 Å². The van der Waals surface area contributed by atoms with Crippen LogP contribution in [0.15, 0.2) is 30.6 Å². The lowest BCUT2D eigenvalue weighted by atomic mass is 10.4. The number of aryl methyl sites for hydroxylation is 3. The summed E-state index contributed by atoms with van der Waals surface area (Å²) >= 11 is 0. The second-order valence-corrected chi connectivity index (χ2v) is 5.84. The molecule has 0 atom stereocenters. The van der Waals surface area contributed by atoms with Crippen LogP contribution in [0.5, 0.6) is 0 Å². The Bertz CT molecular complexity index is 886. The quantitative estimate of drug-likeness (QED) is 0.642. The van der Waals surface area contributed by atoms with E-state index in [2.05, 4.69) is 35.9 Å². The van der Waals surface area contributed by atoms with Gasteiger partial charge in [-0.3, -0.25) is 9.78 Å². The SMILES string of the molecule is Cc1cnc(C(=O)NCCNc2ccc(-n3nc(C)cc3C)nn2)cn1. The van der Waals surface area contributed by atoms with Gasteiger partial charge >= 0.3 is 0 Å². The highest BCUT2D eigenvalue weighted by atomic mass is 16.1. The van der Waals surface area contributed by atoms with E-state index in [1.807, 2.05) is 39.0 Å². The molecule has 0 aliphatic carbocycles. The first-order valence-corrected chi connectivity index (χ1v) is 8.21. The van der Waals surface area contributed by atoms with E-state index in [0.717, 1.165) is 17.1 Å². The summed E-state index contributed by atoms with van der Waals surface area (Å²) in [6, 6.07) is 5.65. The first-order chi connectivity index (χ1) is 12.5. The molecule has 9 heteroatoms. The third kappa shape index (κ3) is 4.18. The van der Waals surface area contributed by atoms with Crippen molar-refractivity contribution in [1.29, 1.82) is 0 Å². The minimum atomic E-state index is -0.259. The number of carbonyl (C=O) groups excluding carboxylic acids is 1. The molecule has 3 aromatic rings. The van der Waals surface area contributed by atoms with E-state index in [4.69, 9.17) is 0 Å². The Balaban J connectivity index is 1.48. The molecule has 0 aliphatic rings. The van der Waals surface area contributed by atoms with Crippen LogP contribution in [0.3, 0.4) is 0 Å². The average Bonchev–Trinajstić information content (AvgIpc) is 2.98. The van der Waals surface area contributed by atoms with Crippen molar-refractivity contribution >= 4 is 11.7 Å². The molecule has 1 amide bonds. The summed E-state index contributed by atoms with van der Waals surface area (Å²) in [5.41, 5.74) is 3.00. The molecule has 0 aliphatic heterocycles. The first kappa shape index (κ1) is 17.5. The van der Waals surface area contributed by atoms with Gasteiger partial charge in [0.15, 0.2) is 5.82 Å². The molecule has 0 aromatic carbocycles. The second kappa shape index (κ2) is 7.68. The molecule has 0 saturated carbocycles. The third-order valence-electron chi connectivity index (χ3n) is 3.61. The molecule has 3 rings (SSSR count). The zero-order valence-electron chi connectivity index (χ0n) is 14.9. The Morgan fingerprint density at radius 1 is 1.04 bits per heavy atom. The summed E-state index contributed by atoms with van der Waals surface area (Å²) in [6.45, 7) is 6.66. The number of carbonyl (C=O) groups is 1. The van der Waals surface area contributed by atoms with Crippen LogP contribution >= 0.6 is 0 Å². The highest BCUT2D eigenvalue weighted by Gasteiger charge is 2.07. The van der Waals surface area contributed by atoms with Gasteiger partial charge in [-0.05, 0) is 39.0 Å². The highest BCUT2D eigenvalue weighted by Crippen LogP contribution is 2.10. The van der Waals surface area contributed by atoms with Crippen LogP contribution in [0, 0.1) is 20.8 Å². The van der Waals surface area contributed by atoms with Crippen molar-refractivity contribution in [1.82, 2.24) is 35.3 Å². The molecule has 0 fully saturated rings. The summed E-state index contributed by atoms with van der Waals surface area (Å²) in [6.07, 6.45) is 3.02. The number of amides is 1. The normalized spacial score (nSPS) is 10.6. The van der Waals surface area contributed by atoms with E-state index in [1.54, 1.807) is 10.9 Å². The summed E-state index contributed by atoms with van der Waals surface area (Å²) in [4.78, 5) is 20.0. The molecule has 2 N–H and O–H groups in total. The van der Waals surface area contributed by atoms with E-state index < -0.39 is 0 Å². The van der Waals surface area contributed by atoms with Crippen molar-refractivity contribution < 1.29 is 4.79 Å². The molecule has 3 heterocycles. The van der Waals surface area contributed by atoms with Gasteiger partial charge in [0.2, 0.25) is 0 Å². The van der Waals surface area contributed by atoms with E-state index in [0.29, 0.717) is 30.4 Å². The lowest BCUT2D eigenvalue weighted by molar-refractivity contribution is 0.0950. The summed E-state index contributed by atoms with van der Waals surface area (Å²) in [5, 5.41) is 18.6. The number of hydrogen-bond acceptors (Lipinski definition) is 7. The first-order valence-electron chi connectivity index (χ1n) is 8.21. The fourth-order valence-corrected chi connectivity index (χ4v) is 2.36. The lowest BCUT2D eigenvalue weighted by Crippen LogP contribution is -2.29. The standard InChI is InChI=1S/C17H20N8O/c1-11-8-13(3)25(24-11)16-5-4-15(22-23-16)18-6-7-19-17(26)14-10-20-12(2)9-21-14/h4-5,8-10H,6-7H2,1-3H3,(H,18,22)(H,19,26). The van der Waals surface area contributed by atoms with E-state index in [-0.39, 0.29) is 5.91 Å². The lowest BCUT2D eigenvalue weighted by Gasteiger charge is -2.08. The Hall–Kier alpha value is -3.36. The summed E-state index contributed by atoms with van der Waals surface area (Å²) in [5.74, 6) is 1.03. The van der Waals surface area contributed by atoms with Gasteiger partial charge in [0, 0.05) is 25.0 Å². The Morgan fingerprint density at radius 3 is 2.50 bits per heavy atom. The molecule has 0 spiro atoms. The molecule has 26 heavy (non-hydrogen) atoms. The largest absolute Gasteiger partial charge is 0.367 e. The fraction of sp³-hybridized carbons (Fsp3) is 0.294. The van der Waals surface area contributed by atoms with Crippen molar-refractivity contribution in [3.8, 4) is 5.82 Å². The number of rotatable bonds is 6. The highest BCUT2D eigenvalue weighted by molar-refractivity contribution is 5.91. The van der Waals surface area contributed by atoms with Crippen LogP contribution in [-0.4, -0.2) is 48.9 Å². The van der Waals surface area contributed by atoms with Gasteiger partial charge in [0.25, 0.3) is 5.91 Å². The summed E-state index contributed by atoms with van der Waals surface area (Å²) in [7, 11) is 0. The molecular formula is C17H20N8O. The van der Waals surface area contributed by atoms with Crippen LogP contribution in [0.4, 0.5) is 5.82 Å². The van der Waals surface area contributed by atoms with Gasteiger partial charge < -0.3 is 10.6 Å². The van der Waals surface area contributed by atoms with E-state index in [1.165, 1.54) is 6.20 Å². The monoisotopic (exact) mass is 352 g/mol. The number of nitrogens with one attached hydrogen (secondary N) is 2. The van der Waals surface area contributed by atoms with Gasteiger partial charge in [-0.1, -0.05) is 0 Å². The van der Waals surface area contributed by atoms with Crippen molar-refractivity contribution in [3.63, 3.8) is 0 Å². The smallest absolute Gasteiger partial charge is 0.271 e. The second-order valence-electron chi connectivity index (χ2n) is 5.84. The number of nitrogens with zero attached hydrogens (tertiary/aromatic N) is 6. The van der Waals surface area contributed by atoms with Crippen LogP contribution in [0.1, 0.15) is 27.6 Å². The molecule has 9 nitrogen and oxygen atoms in total. The average molecular weight is 352 g/mol. The maximum atomic E-state index is 11.9. The minimum Gasteiger partial charge on any atom is -0.367 e. The van der Waals surface area contributed by atoms with Crippen molar-refractivity contribution in [3.05, 3.63) is 53.4 Å². The van der Waals surface area contributed by atoms with E-state index >= 15 is 0 Å². The van der Waals surface area contributed by atoms with Gasteiger partial charge in [0.1, 0.15) is 11.5 Å². The van der Waals surface area contributed by atoms with Crippen LogP contribution in [0.2, 0.25) is 0 Å².